The van der Waals surface area contributed by atoms with Gasteiger partial charge < -0.3 is 9.88 Å². The van der Waals surface area contributed by atoms with Gasteiger partial charge in [-0.1, -0.05) is 23.4 Å². The minimum atomic E-state index is -0.134. The molecule has 0 aliphatic carbocycles. The summed E-state index contributed by atoms with van der Waals surface area (Å²) in [5.74, 6) is 0.146. The van der Waals surface area contributed by atoms with Gasteiger partial charge in [0.05, 0.1) is 11.4 Å². The number of aromatic nitrogens is 3. The lowest BCUT2D eigenvalue weighted by Crippen LogP contribution is -2.15. The molecule has 2 aromatic heterocycles. The highest BCUT2D eigenvalue weighted by molar-refractivity contribution is 7.99. The van der Waals surface area contributed by atoms with Gasteiger partial charge in [0.15, 0.2) is 10.3 Å². The third-order valence-corrected chi connectivity index (χ3v) is 3.69. The van der Waals surface area contributed by atoms with Crippen LogP contribution in [0.15, 0.2) is 35.9 Å². The van der Waals surface area contributed by atoms with Crippen molar-refractivity contribution in [1.29, 1.82) is 0 Å². The van der Waals surface area contributed by atoms with Crippen molar-refractivity contribution in [2.75, 3.05) is 11.1 Å². The number of aryl methyl sites for hydroxylation is 1. The third kappa shape index (κ3) is 3.71. The topological polar surface area (TPSA) is 59.8 Å². The average molecular weight is 297 g/mol. The van der Waals surface area contributed by atoms with Gasteiger partial charge in [-0.15, -0.1) is 0 Å². The Morgan fingerprint density at radius 1 is 1.47 bits per heavy atom. The Bertz CT molecular complexity index is 572. The van der Waals surface area contributed by atoms with Crippen LogP contribution in [0.4, 0.5) is 5.69 Å². The van der Waals surface area contributed by atoms with Crippen molar-refractivity contribution in [2.24, 2.45) is 0 Å². The van der Waals surface area contributed by atoms with Crippen molar-refractivity contribution in [3.05, 3.63) is 35.9 Å². The highest BCUT2D eigenvalue weighted by Crippen LogP contribution is 2.19. The molecule has 0 spiro atoms. The number of carbonyl (C=O) groups excluding carboxylic acids is 1. The fourth-order valence-corrected chi connectivity index (χ4v) is 2.46. The van der Waals surface area contributed by atoms with Gasteiger partial charge in [0, 0.05) is 25.1 Å². The summed E-state index contributed by atoms with van der Waals surface area (Å²) in [7, 11) is 0. The monoisotopic (exact) mass is 296 g/mol. The van der Waals surface area contributed by atoms with Crippen molar-refractivity contribution in [1.82, 2.24) is 14.5 Å². The Hall–Kier alpha value is -1.53. The number of halogens is 1. The number of thioether (sulfide) groups is 1. The first kappa shape index (κ1) is 13.9. The molecule has 7 heteroatoms. The van der Waals surface area contributed by atoms with E-state index >= 15 is 0 Å². The number of rotatable bonds is 5. The van der Waals surface area contributed by atoms with E-state index in [9.17, 15) is 4.79 Å². The average Bonchev–Trinajstić information content (AvgIpc) is 2.86. The lowest BCUT2D eigenvalue weighted by atomic mass is 10.4. The molecule has 2 rings (SSSR count). The molecule has 0 saturated heterocycles. The SMILES string of the molecule is CCn1ccnc1SCC(=O)Nc1cccnc1Cl. The molecule has 19 heavy (non-hydrogen) atoms. The van der Waals surface area contributed by atoms with Crippen LogP contribution in [-0.4, -0.2) is 26.2 Å². The van der Waals surface area contributed by atoms with Crippen molar-refractivity contribution >= 4 is 35.0 Å². The maximum Gasteiger partial charge on any atom is 0.234 e. The van der Waals surface area contributed by atoms with Gasteiger partial charge in [-0.25, -0.2) is 9.97 Å². The van der Waals surface area contributed by atoms with E-state index in [-0.39, 0.29) is 16.8 Å². The molecule has 0 unspecified atom stereocenters. The molecule has 0 bridgehead atoms. The van der Waals surface area contributed by atoms with Crippen molar-refractivity contribution in [3.63, 3.8) is 0 Å². The van der Waals surface area contributed by atoms with Gasteiger partial charge >= 0.3 is 0 Å². The number of hydrogen-bond donors (Lipinski definition) is 1. The van der Waals surface area contributed by atoms with Crippen LogP contribution < -0.4 is 5.32 Å². The van der Waals surface area contributed by atoms with Crippen molar-refractivity contribution in [3.8, 4) is 0 Å². The van der Waals surface area contributed by atoms with Crippen LogP contribution in [0.2, 0.25) is 5.15 Å². The first-order valence-corrected chi connectivity index (χ1v) is 7.11. The smallest absolute Gasteiger partial charge is 0.234 e. The van der Waals surface area contributed by atoms with Gasteiger partial charge in [0.2, 0.25) is 5.91 Å². The highest BCUT2D eigenvalue weighted by Gasteiger charge is 2.09. The molecular weight excluding hydrogens is 284 g/mol. The van der Waals surface area contributed by atoms with Crippen LogP contribution in [0.1, 0.15) is 6.92 Å². The molecule has 2 aromatic rings. The van der Waals surface area contributed by atoms with Gasteiger partial charge in [-0.3, -0.25) is 4.79 Å². The Morgan fingerprint density at radius 3 is 3.05 bits per heavy atom. The molecular formula is C12H13ClN4OS. The maximum absolute atomic E-state index is 11.8. The predicted molar refractivity (Wildman–Crippen MR) is 76.5 cm³/mol. The number of amides is 1. The zero-order valence-corrected chi connectivity index (χ0v) is 11.9. The molecule has 0 saturated carbocycles. The molecule has 0 aliphatic heterocycles. The number of nitrogens with one attached hydrogen (secondary N) is 1. The maximum atomic E-state index is 11.8. The molecule has 0 fully saturated rings. The molecule has 0 aromatic carbocycles. The summed E-state index contributed by atoms with van der Waals surface area (Å²) in [6.07, 6.45) is 5.19. The molecule has 5 nitrogen and oxygen atoms in total. The number of hydrogen-bond acceptors (Lipinski definition) is 4. The van der Waals surface area contributed by atoms with Crippen molar-refractivity contribution < 1.29 is 4.79 Å². The molecule has 2 heterocycles. The number of anilines is 1. The second kappa shape index (κ2) is 6.58. The number of pyridine rings is 1. The number of nitrogens with zero attached hydrogens (tertiary/aromatic N) is 3. The highest BCUT2D eigenvalue weighted by atomic mass is 35.5. The van der Waals surface area contributed by atoms with E-state index in [2.05, 4.69) is 15.3 Å². The van der Waals surface area contributed by atoms with Crippen LogP contribution in [-0.2, 0) is 11.3 Å². The van der Waals surface area contributed by atoms with E-state index in [1.54, 1.807) is 24.5 Å². The van der Waals surface area contributed by atoms with Gasteiger partial charge in [-0.05, 0) is 19.1 Å². The molecule has 1 N–H and O–H groups in total. The molecule has 1 amide bonds. The Labute approximate surface area is 120 Å². The van der Waals surface area contributed by atoms with Gasteiger partial charge in [-0.2, -0.15) is 0 Å². The fourth-order valence-electron chi connectivity index (χ4n) is 1.47. The molecule has 0 atom stereocenters. The molecule has 100 valence electrons. The fraction of sp³-hybridized carbons (Fsp3) is 0.250. The van der Waals surface area contributed by atoms with E-state index in [1.165, 1.54) is 11.8 Å². The molecule has 0 radical (unpaired) electrons. The number of imidazole rings is 1. The summed E-state index contributed by atoms with van der Waals surface area (Å²) < 4.78 is 1.98. The lowest BCUT2D eigenvalue weighted by molar-refractivity contribution is -0.113. The van der Waals surface area contributed by atoms with E-state index in [4.69, 9.17) is 11.6 Å². The second-order valence-corrected chi connectivity index (χ2v) is 4.97. The standard InChI is InChI=1S/C12H13ClN4OS/c1-2-17-7-6-15-12(17)19-8-10(18)16-9-4-3-5-14-11(9)13/h3-7H,2,8H2,1H3,(H,16,18). The Balaban J connectivity index is 1.90. The summed E-state index contributed by atoms with van der Waals surface area (Å²) in [6.45, 7) is 2.86. The minimum absolute atomic E-state index is 0.134. The lowest BCUT2D eigenvalue weighted by Gasteiger charge is -2.06. The summed E-state index contributed by atoms with van der Waals surface area (Å²) in [5.41, 5.74) is 0.522. The largest absolute Gasteiger partial charge is 0.326 e. The zero-order chi connectivity index (χ0) is 13.7. The van der Waals surface area contributed by atoms with Crippen molar-refractivity contribution in [2.45, 2.75) is 18.6 Å². The minimum Gasteiger partial charge on any atom is -0.326 e. The van der Waals surface area contributed by atoms with Crippen LogP contribution in [0.25, 0.3) is 0 Å². The second-order valence-electron chi connectivity index (χ2n) is 3.67. The van der Waals surface area contributed by atoms with Gasteiger partial charge in [0.1, 0.15) is 0 Å². The summed E-state index contributed by atoms with van der Waals surface area (Å²) >= 11 is 7.25. The summed E-state index contributed by atoms with van der Waals surface area (Å²) in [4.78, 5) is 19.9. The van der Waals surface area contributed by atoms with Crippen LogP contribution in [0, 0.1) is 0 Å². The normalized spacial score (nSPS) is 10.4. The zero-order valence-electron chi connectivity index (χ0n) is 10.3. The van der Waals surface area contributed by atoms with E-state index in [0.29, 0.717) is 5.69 Å². The predicted octanol–water partition coefficient (Wildman–Crippen LogP) is 2.68. The van der Waals surface area contributed by atoms with Crippen LogP contribution in [0.3, 0.4) is 0 Å². The Kier molecular flexibility index (Phi) is 4.81. The summed E-state index contributed by atoms with van der Waals surface area (Å²) in [6, 6.07) is 3.43. The summed E-state index contributed by atoms with van der Waals surface area (Å²) in [5, 5.41) is 3.84. The van der Waals surface area contributed by atoms with E-state index in [1.807, 2.05) is 17.7 Å². The van der Waals surface area contributed by atoms with E-state index in [0.717, 1.165) is 11.7 Å². The first-order valence-electron chi connectivity index (χ1n) is 5.75. The number of carbonyl (C=O) groups is 1. The van der Waals surface area contributed by atoms with Gasteiger partial charge in [0.25, 0.3) is 0 Å². The first-order chi connectivity index (χ1) is 9.20. The van der Waals surface area contributed by atoms with Crippen LogP contribution in [0.5, 0.6) is 0 Å². The third-order valence-electron chi connectivity index (χ3n) is 2.38. The quantitative estimate of drug-likeness (QED) is 0.681. The Morgan fingerprint density at radius 2 is 2.32 bits per heavy atom. The molecule has 0 aliphatic rings. The van der Waals surface area contributed by atoms with E-state index < -0.39 is 0 Å². The van der Waals surface area contributed by atoms with Crippen LogP contribution >= 0.6 is 23.4 Å².